The van der Waals surface area contributed by atoms with Gasteiger partial charge in [0.2, 0.25) is 0 Å². The lowest BCUT2D eigenvalue weighted by molar-refractivity contribution is 0.757. The van der Waals surface area contributed by atoms with Crippen molar-refractivity contribution in [1.29, 1.82) is 0 Å². The second-order valence-corrected chi connectivity index (χ2v) is 6.79. The minimum atomic E-state index is 0.322. The predicted octanol–water partition coefficient (Wildman–Crippen LogP) is 6.88. The van der Waals surface area contributed by atoms with Gasteiger partial charge in [0.15, 0.2) is 0 Å². The maximum Gasteiger partial charge on any atom is 0.0349 e. The molecule has 27 heavy (non-hydrogen) atoms. The summed E-state index contributed by atoms with van der Waals surface area (Å²) in [6.07, 6.45) is 0.960. The van der Waals surface area contributed by atoms with E-state index in [4.69, 9.17) is 0 Å². The third-order valence-corrected chi connectivity index (χ3v) is 5.06. The average Bonchev–Trinajstić information content (AvgIpc) is 2.77. The van der Waals surface area contributed by atoms with E-state index in [1.807, 2.05) is 0 Å². The van der Waals surface area contributed by atoms with Crippen molar-refractivity contribution in [2.45, 2.75) is 12.3 Å². The maximum atomic E-state index is 2.24. The normalized spacial score (nSPS) is 11.0. The van der Waals surface area contributed by atoms with Gasteiger partial charge in [-0.05, 0) is 28.7 Å². The van der Waals surface area contributed by atoms with Crippen LogP contribution in [0, 0.1) is 5.92 Å². The molecule has 0 saturated carbocycles. The van der Waals surface area contributed by atoms with Crippen LogP contribution in [0.1, 0.15) is 34.6 Å². The Labute approximate surface area is 162 Å². The van der Waals surface area contributed by atoms with Crippen molar-refractivity contribution < 1.29 is 0 Å². The highest BCUT2D eigenvalue weighted by Crippen LogP contribution is 2.37. The molecule has 0 saturated heterocycles. The Balaban J connectivity index is 1.77. The number of hydrogen-bond acceptors (Lipinski definition) is 0. The van der Waals surface area contributed by atoms with Gasteiger partial charge in [-0.15, -0.1) is 0 Å². The molecule has 0 aromatic heterocycles. The molecule has 1 radical (unpaired) electrons. The van der Waals surface area contributed by atoms with E-state index in [1.165, 1.54) is 28.2 Å². The minimum absolute atomic E-state index is 0.322. The summed E-state index contributed by atoms with van der Waals surface area (Å²) in [7, 11) is 0. The molecule has 0 spiro atoms. The smallest absolute Gasteiger partial charge is 0.0349 e. The molecular formula is C27H23. The summed E-state index contributed by atoms with van der Waals surface area (Å²) in [6, 6.07) is 43.2. The Kier molecular flexibility index (Phi) is 5.45. The highest BCUT2D eigenvalue weighted by Gasteiger charge is 2.23. The van der Waals surface area contributed by atoms with Crippen LogP contribution in [0.15, 0.2) is 121 Å². The van der Waals surface area contributed by atoms with Crippen LogP contribution in [0.4, 0.5) is 0 Å². The first kappa shape index (κ1) is 17.3. The summed E-state index contributed by atoms with van der Waals surface area (Å²) < 4.78 is 0. The topological polar surface area (TPSA) is 0 Å². The fourth-order valence-corrected chi connectivity index (χ4v) is 3.68. The lowest BCUT2D eigenvalue weighted by atomic mass is 9.78. The SMILES string of the molecule is c1ccc([C](CC(c2ccccc2)c2ccccc2)c2ccccc2)cc1. The van der Waals surface area contributed by atoms with Gasteiger partial charge in [-0.3, -0.25) is 0 Å². The lowest BCUT2D eigenvalue weighted by Gasteiger charge is -2.25. The first-order chi connectivity index (χ1) is 13.4. The molecule has 0 heteroatoms. The summed E-state index contributed by atoms with van der Waals surface area (Å²) in [4.78, 5) is 0. The third kappa shape index (κ3) is 4.17. The van der Waals surface area contributed by atoms with Crippen molar-refractivity contribution in [2.75, 3.05) is 0 Å². The van der Waals surface area contributed by atoms with Crippen LogP contribution in [-0.2, 0) is 0 Å². The molecule has 0 nitrogen and oxygen atoms in total. The number of benzene rings is 4. The van der Waals surface area contributed by atoms with Gasteiger partial charge in [-0.1, -0.05) is 121 Å². The third-order valence-electron chi connectivity index (χ3n) is 5.06. The molecule has 0 atom stereocenters. The number of hydrogen-bond donors (Lipinski definition) is 0. The van der Waals surface area contributed by atoms with Gasteiger partial charge < -0.3 is 0 Å². The zero-order chi connectivity index (χ0) is 18.3. The van der Waals surface area contributed by atoms with E-state index in [0.717, 1.165) is 6.42 Å². The molecular weight excluding hydrogens is 324 g/mol. The molecule has 4 rings (SSSR count). The second kappa shape index (κ2) is 8.51. The molecule has 0 aliphatic rings. The van der Waals surface area contributed by atoms with E-state index >= 15 is 0 Å². The van der Waals surface area contributed by atoms with Gasteiger partial charge in [0.1, 0.15) is 0 Å². The molecule has 0 unspecified atom stereocenters. The first-order valence-electron chi connectivity index (χ1n) is 9.48. The summed E-state index contributed by atoms with van der Waals surface area (Å²) >= 11 is 0. The Morgan fingerprint density at radius 1 is 0.444 bits per heavy atom. The van der Waals surface area contributed by atoms with E-state index < -0.39 is 0 Å². The van der Waals surface area contributed by atoms with Crippen molar-refractivity contribution in [3.8, 4) is 0 Å². The van der Waals surface area contributed by atoms with Crippen molar-refractivity contribution in [3.05, 3.63) is 149 Å². The first-order valence-corrected chi connectivity index (χ1v) is 9.48. The molecule has 0 N–H and O–H groups in total. The lowest BCUT2D eigenvalue weighted by Crippen LogP contribution is -2.10. The summed E-state index contributed by atoms with van der Waals surface area (Å²) in [6.45, 7) is 0. The van der Waals surface area contributed by atoms with E-state index in [0.29, 0.717) is 5.92 Å². The van der Waals surface area contributed by atoms with E-state index in [-0.39, 0.29) is 0 Å². The average molecular weight is 347 g/mol. The van der Waals surface area contributed by atoms with Crippen LogP contribution < -0.4 is 0 Å². The zero-order valence-corrected chi connectivity index (χ0v) is 15.3. The fourth-order valence-electron chi connectivity index (χ4n) is 3.68. The summed E-state index contributed by atoms with van der Waals surface area (Å²) in [5.74, 6) is 1.71. The van der Waals surface area contributed by atoms with Gasteiger partial charge in [-0.2, -0.15) is 0 Å². The molecule has 0 aliphatic carbocycles. The van der Waals surface area contributed by atoms with Crippen molar-refractivity contribution in [3.63, 3.8) is 0 Å². The molecule has 0 aliphatic heterocycles. The van der Waals surface area contributed by atoms with E-state index in [1.54, 1.807) is 0 Å². The van der Waals surface area contributed by atoms with Crippen molar-refractivity contribution in [1.82, 2.24) is 0 Å². The molecule has 4 aromatic carbocycles. The van der Waals surface area contributed by atoms with Crippen LogP contribution >= 0.6 is 0 Å². The molecule has 4 aromatic rings. The van der Waals surface area contributed by atoms with Crippen molar-refractivity contribution in [2.24, 2.45) is 0 Å². The Morgan fingerprint density at radius 2 is 0.778 bits per heavy atom. The Hall–Kier alpha value is -3.12. The highest BCUT2D eigenvalue weighted by molar-refractivity contribution is 5.48. The van der Waals surface area contributed by atoms with Gasteiger partial charge in [0, 0.05) is 11.8 Å². The number of rotatable bonds is 6. The predicted molar refractivity (Wildman–Crippen MR) is 114 cm³/mol. The van der Waals surface area contributed by atoms with E-state index in [2.05, 4.69) is 121 Å². The Bertz CT molecular complexity index is 768. The minimum Gasteiger partial charge on any atom is -0.0622 e. The monoisotopic (exact) mass is 347 g/mol. The van der Waals surface area contributed by atoms with Crippen molar-refractivity contribution >= 4 is 0 Å². The van der Waals surface area contributed by atoms with Gasteiger partial charge in [0.05, 0.1) is 0 Å². The molecule has 0 heterocycles. The fraction of sp³-hybridized carbons (Fsp3) is 0.0741. The van der Waals surface area contributed by atoms with Gasteiger partial charge >= 0.3 is 0 Å². The Morgan fingerprint density at radius 3 is 1.15 bits per heavy atom. The zero-order valence-electron chi connectivity index (χ0n) is 15.3. The van der Waals surface area contributed by atoms with Crippen LogP contribution in [0.5, 0.6) is 0 Å². The standard InChI is InChI=1S/C27H23/c1-5-13-22(14-6-1)26(23-15-7-2-8-16-23)21-27(24-17-9-3-10-18-24)25-19-11-4-12-20-25/h1-20,26H,21H2. The highest BCUT2D eigenvalue weighted by atomic mass is 14.3. The maximum absolute atomic E-state index is 2.24. The van der Waals surface area contributed by atoms with Crippen LogP contribution in [-0.4, -0.2) is 0 Å². The summed E-state index contributed by atoms with van der Waals surface area (Å²) in [5.41, 5.74) is 5.29. The summed E-state index contributed by atoms with van der Waals surface area (Å²) in [5, 5.41) is 0. The van der Waals surface area contributed by atoms with Crippen LogP contribution in [0.2, 0.25) is 0 Å². The molecule has 0 bridgehead atoms. The van der Waals surface area contributed by atoms with Crippen LogP contribution in [0.25, 0.3) is 0 Å². The van der Waals surface area contributed by atoms with Gasteiger partial charge in [0.25, 0.3) is 0 Å². The van der Waals surface area contributed by atoms with Gasteiger partial charge in [-0.25, -0.2) is 0 Å². The molecule has 131 valence electrons. The van der Waals surface area contributed by atoms with E-state index in [9.17, 15) is 0 Å². The quantitative estimate of drug-likeness (QED) is 0.356. The largest absolute Gasteiger partial charge is 0.0622 e. The van der Waals surface area contributed by atoms with Crippen LogP contribution in [0.3, 0.4) is 0 Å². The molecule has 0 amide bonds. The molecule has 0 fully saturated rings. The second-order valence-electron chi connectivity index (χ2n) is 6.79.